The number of rotatable bonds is 2. The summed E-state index contributed by atoms with van der Waals surface area (Å²) in [4.78, 5) is 16.4. The second-order valence-electron chi connectivity index (χ2n) is 4.44. The van der Waals surface area contributed by atoms with Gasteiger partial charge < -0.3 is 5.32 Å². The molecular formula is C15H16N2O. The Hall–Kier alpha value is -2.16. The number of nitrogens with one attached hydrogen (secondary N) is 1. The highest BCUT2D eigenvalue weighted by Crippen LogP contribution is 2.12. The largest absolute Gasteiger partial charge is 0.307 e. The molecule has 92 valence electrons. The standard InChI is InChI=1S/C15H16N2O/c1-10-8-12(3)16-14(9-10)17-15(18)13-7-5-4-6-11(13)2/h4-9H,1-3H3,(H,16,17,18). The zero-order valence-corrected chi connectivity index (χ0v) is 10.8. The van der Waals surface area contributed by atoms with Gasteiger partial charge in [-0.05, 0) is 50.1 Å². The number of aromatic nitrogens is 1. The highest BCUT2D eigenvalue weighted by atomic mass is 16.1. The van der Waals surface area contributed by atoms with Crippen LogP contribution in [-0.4, -0.2) is 10.9 Å². The van der Waals surface area contributed by atoms with Crippen LogP contribution >= 0.6 is 0 Å². The molecule has 1 amide bonds. The van der Waals surface area contributed by atoms with Crippen LogP contribution in [0.3, 0.4) is 0 Å². The topological polar surface area (TPSA) is 42.0 Å². The molecule has 18 heavy (non-hydrogen) atoms. The summed E-state index contributed by atoms with van der Waals surface area (Å²) in [5.41, 5.74) is 3.62. The van der Waals surface area contributed by atoms with Crippen molar-refractivity contribution in [2.45, 2.75) is 20.8 Å². The van der Waals surface area contributed by atoms with E-state index in [0.29, 0.717) is 11.4 Å². The molecule has 2 rings (SSSR count). The van der Waals surface area contributed by atoms with Gasteiger partial charge in [0.25, 0.3) is 5.91 Å². The first-order valence-corrected chi connectivity index (χ1v) is 5.88. The van der Waals surface area contributed by atoms with Crippen LogP contribution in [0, 0.1) is 20.8 Å². The molecule has 0 aliphatic heterocycles. The van der Waals surface area contributed by atoms with Gasteiger partial charge in [0.05, 0.1) is 0 Å². The number of nitrogens with zero attached hydrogens (tertiary/aromatic N) is 1. The quantitative estimate of drug-likeness (QED) is 0.875. The lowest BCUT2D eigenvalue weighted by Crippen LogP contribution is -2.14. The summed E-state index contributed by atoms with van der Waals surface area (Å²) in [5, 5.41) is 2.83. The van der Waals surface area contributed by atoms with E-state index in [4.69, 9.17) is 0 Å². The Balaban J connectivity index is 2.24. The molecule has 1 aromatic carbocycles. The maximum Gasteiger partial charge on any atom is 0.257 e. The molecule has 2 aromatic rings. The molecule has 0 bridgehead atoms. The molecule has 0 aliphatic carbocycles. The molecule has 0 saturated carbocycles. The molecule has 0 saturated heterocycles. The van der Waals surface area contributed by atoms with Crippen molar-refractivity contribution in [3.05, 3.63) is 58.8 Å². The molecule has 3 nitrogen and oxygen atoms in total. The minimum Gasteiger partial charge on any atom is -0.307 e. The molecule has 0 aliphatic rings. The van der Waals surface area contributed by atoms with Crippen LogP contribution in [0.25, 0.3) is 0 Å². The minimum absolute atomic E-state index is 0.120. The molecule has 3 heteroatoms. The lowest BCUT2D eigenvalue weighted by Gasteiger charge is -2.08. The van der Waals surface area contributed by atoms with E-state index in [-0.39, 0.29) is 5.91 Å². The van der Waals surface area contributed by atoms with Crippen LogP contribution in [0.4, 0.5) is 5.82 Å². The second kappa shape index (κ2) is 5.00. The molecule has 1 heterocycles. The SMILES string of the molecule is Cc1cc(C)nc(NC(=O)c2ccccc2C)c1. The smallest absolute Gasteiger partial charge is 0.257 e. The highest BCUT2D eigenvalue weighted by Gasteiger charge is 2.09. The van der Waals surface area contributed by atoms with Gasteiger partial charge in [0.2, 0.25) is 0 Å². The molecule has 1 aromatic heterocycles. The fraction of sp³-hybridized carbons (Fsp3) is 0.200. The van der Waals surface area contributed by atoms with Crippen molar-refractivity contribution in [1.82, 2.24) is 4.98 Å². The van der Waals surface area contributed by atoms with Crippen LogP contribution in [0.1, 0.15) is 27.2 Å². The van der Waals surface area contributed by atoms with E-state index in [1.54, 1.807) is 0 Å². The number of hydrogen-bond acceptors (Lipinski definition) is 2. The third-order valence-corrected chi connectivity index (χ3v) is 2.73. The summed E-state index contributed by atoms with van der Waals surface area (Å²) in [7, 11) is 0. The average Bonchev–Trinajstić information content (AvgIpc) is 2.27. The number of hydrogen-bond donors (Lipinski definition) is 1. The monoisotopic (exact) mass is 240 g/mol. The lowest BCUT2D eigenvalue weighted by molar-refractivity contribution is 0.102. The Morgan fingerprint density at radius 3 is 2.50 bits per heavy atom. The van der Waals surface area contributed by atoms with E-state index >= 15 is 0 Å². The van der Waals surface area contributed by atoms with Gasteiger partial charge in [-0.15, -0.1) is 0 Å². The van der Waals surface area contributed by atoms with Crippen LogP contribution in [0.5, 0.6) is 0 Å². The van der Waals surface area contributed by atoms with E-state index < -0.39 is 0 Å². The molecular weight excluding hydrogens is 224 g/mol. The van der Waals surface area contributed by atoms with Crippen molar-refractivity contribution in [3.8, 4) is 0 Å². The second-order valence-corrected chi connectivity index (χ2v) is 4.44. The Kier molecular flexibility index (Phi) is 3.42. The van der Waals surface area contributed by atoms with Crippen molar-refractivity contribution in [2.24, 2.45) is 0 Å². The van der Waals surface area contributed by atoms with Crippen molar-refractivity contribution in [2.75, 3.05) is 5.32 Å². The summed E-state index contributed by atoms with van der Waals surface area (Å²) in [6, 6.07) is 11.3. The average molecular weight is 240 g/mol. The maximum atomic E-state index is 12.1. The fourth-order valence-electron chi connectivity index (χ4n) is 1.92. The van der Waals surface area contributed by atoms with Gasteiger partial charge in [0.1, 0.15) is 5.82 Å². The molecule has 0 atom stereocenters. The molecule has 0 fully saturated rings. The lowest BCUT2D eigenvalue weighted by atomic mass is 10.1. The van der Waals surface area contributed by atoms with Gasteiger partial charge >= 0.3 is 0 Å². The Labute approximate surface area is 107 Å². The fourth-order valence-corrected chi connectivity index (χ4v) is 1.92. The number of anilines is 1. The van der Waals surface area contributed by atoms with E-state index in [0.717, 1.165) is 16.8 Å². The normalized spacial score (nSPS) is 10.2. The van der Waals surface area contributed by atoms with Crippen molar-refractivity contribution < 1.29 is 4.79 Å². The summed E-state index contributed by atoms with van der Waals surface area (Å²) in [5.74, 6) is 0.478. The zero-order valence-electron chi connectivity index (χ0n) is 10.8. The van der Waals surface area contributed by atoms with Gasteiger partial charge in [-0.3, -0.25) is 4.79 Å². The third-order valence-electron chi connectivity index (χ3n) is 2.73. The summed E-state index contributed by atoms with van der Waals surface area (Å²) < 4.78 is 0. The first kappa shape index (κ1) is 12.3. The van der Waals surface area contributed by atoms with E-state index in [9.17, 15) is 4.79 Å². The number of aryl methyl sites for hydroxylation is 3. The van der Waals surface area contributed by atoms with Crippen molar-refractivity contribution in [3.63, 3.8) is 0 Å². The number of amides is 1. The minimum atomic E-state index is -0.120. The molecule has 0 unspecified atom stereocenters. The van der Waals surface area contributed by atoms with Crippen molar-refractivity contribution in [1.29, 1.82) is 0 Å². The maximum absolute atomic E-state index is 12.1. The van der Waals surface area contributed by atoms with Gasteiger partial charge in [0.15, 0.2) is 0 Å². The van der Waals surface area contributed by atoms with Crippen LogP contribution in [-0.2, 0) is 0 Å². The predicted octanol–water partition coefficient (Wildman–Crippen LogP) is 3.26. The number of carbonyl (C=O) groups excluding carboxylic acids is 1. The van der Waals surface area contributed by atoms with Crippen LogP contribution < -0.4 is 5.32 Å². The molecule has 0 spiro atoms. The number of carbonyl (C=O) groups is 1. The third kappa shape index (κ3) is 2.74. The molecule has 0 radical (unpaired) electrons. The van der Waals surface area contributed by atoms with Gasteiger partial charge in [-0.1, -0.05) is 18.2 Å². The van der Waals surface area contributed by atoms with E-state index in [1.165, 1.54) is 0 Å². The van der Waals surface area contributed by atoms with Crippen molar-refractivity contribution >= 4 is 11.7 Å². The summed E-state index contributed by atoms with van der Waals surface area (Å²) in [6.07, 6.45) is 0. The Morgan fingerprint density at radius 1 is 1.11 bits per heavy atom. The number of pyridine rings is 1. The first-order valence-electron chi connectivity index (χ1n) is 5.88. The van der Waals surface area contributed by atoms with Crippen LogP contribution in [0.15, 0.2) is 36.4 Å². The highest BCUT2D eigenvalue weighted by molar-refractivity contribution is 6.04. The number of benzene rings is 1. The van der Waals surface area contributed by atoms with Crippen LogP contribution in [0.2, 0.25) is 0 Å². The summed E-state index contributed by atoms with van der Waals surface area (Å²) >= 11 is 0. The zero-order chi connectivity index (χ0) is 13.1. The van der Waals surface area contributed by atoms with E-state index in [1.807, 2.05) is 57.2 Å². The Morgan fingerprint density at radius 2 is 1.83 bits per heavy atom. The Bertz CT molecular complexity index is 571. The van der Waals surface area contributed by atoms with Gasteiger partial charge in [0, 0.05) is 11.3 Å². The van der Waals surface area contributed by atoms with Gasteiger partial charge in [-0.2, -0.15) is 0 Å². The van der Waals surface area contributed by atoms with E-state index in [2.05, 4.69) is 10.3 Å². The predicted molar refractivity (Wildman–Crippen MR) is 72.8 cm³/mol. The van der Waals surface area contributed by atoms with Gasteiger partial charge in [-0.25, -0.2) is 4.98 Å². The molecule has 1 N–H and O–H groups in total. The summed E-state index contributed by atoms with van der Waals surface area (Å²) in [6.45, 7) is 5.82. The first-order chi connectivity index (χ1) is 8.56.